The van der Waals surface area contributed by atoms with Crippen LogP contribution >= 0.6 is 0 Å². The molecule has 2 atom stereocenters. The van der Waals surface area contributed by atoms with Crippen LogP contribution in [0.4, 0.5) is 0 Å². The van der Waals surface area contributed by atoms with E-state index in [1.54, 1.807) is 0 Å². The van der Waals surface area contributed by atoms with Gasteiger partial charge in [0.25, 0.3) is 0 Å². The Bertz CT molecular complexity index is 445. The Morgan fingerprint density at radius 3 is 2.90 bits per heavy atom. The monoisotopic (exact) mass is 278 g/mol. The number of rotatable bonds is 4. The van der Waals surface area contributed by atoms with Crippen LogP contribution < -0.4 is 0 Å². The molecular formula is C15H26N4O. The molecule has 1 fully saturated rings. The Hall–Kier alpha value is -0.940. The van der Waals surface area contributed by atoms with Gasteiger partial charge in [0.15, 0.2) is 5.82 Å². The molecule has 0 spiro atoms. The van der Waals surface area contributed by atoms with Crippen molar-refractivity contribution in [3.8, 4) is 0 Å². The molecule has 0 bridgehead atoms. The molecule has 1 N–H and O–H groups in total. The molecule has 5 heteroatoms. The average molecular weight is 278 g/mol. The lowest BCUT2D eigenvalue weighted by atomic mass is 9.99. The molecule has 3 rings (SSSR count). The molecule has 5 nitrogen and oxygen atoms in total. The zero-order valence-corrected chi connectivity index (χ0v) is 12.5. The quantitative estimate of drug-likeness (QED) is 0.908. The van der Waals surface area contributed by atoms with Gasteiger partial charge in [-0.05, 0) is 38.8 Å². The van der Waals surface area contributed by atoms with Crippen molar-refractivity contribution in [1.82, 2.24) is 19.7 Å². The van der Waals surface area contributed by atoms with E-state index in [9.17, 15) is 5.11 Å². The maximum atomic E-state index is 9.46. The normalized spacial score (nSPS) is 27.5. The van der Waals surface area contributed by atoms with Gasteiger partial charge >= 0.3 is 0 Å². The fourth-order valence-corrected chi connectivity index (χ4v) is 3.66. The predicted octanol–water partition coefficient (Wildman–Crippen LogP) is 1.56. The molecule has 0 saturated carbocycles. The highest BCUT2D eigenvalue weighted by atomic mass is 16.3. The smallest absolute Gasteiger partial charge is 0.152 e. The van der Waals surface area contributed by atoms with Crippen LogP contribution in [0.5, 0.6) is 0 Å². The molecule has 2 aliphatic heterocycles. The van der Waals surface area contributed by atoms with E-state index < -0.39 is 0 Å². The summed E-state index contributed by atoms with van der Waals surface area (Å²) in [5, 5.41) is 14.1. The highest BCUT2D eigenvalue weighted by Crippen LogP contribution is 2.26. The summed E-state index contributed by atoms with van der Waals surface area (Å²) >= 11 is 0. The maximum absolute atomic E-state index is 9.46. The van der Waals surface area contributed by atoms with E-state index in [0.717, 1.165) is 44.0 Å². The Morgan fingerprint density at radius 1 is 1.20 bits per heavy atom. The van der Waals surface area contributed by atoms with Gasteiger partial charge in [0.1, 0.15) is 5.82 Å². The number of aliphatic hydroxyl groups excluding tert-OH is 1. The van der Waals surface area contributed by atoms with Crippen molar-refractivity contribution in [2.75, 3.05) is 19.7 Å². The minimum atomic E-state index is 0.193. The molecule has 0 radical (unpaired) electrons. The SMILES string of the molecule is CCN1CCCCC1Cc1nc2n(n1)CCCC2CO. The van der Waals surface area contributed by atoms with Gasteiger partial charge in [0.2, 0.25) is 0 Å². The van der Waals surface area contributed by atoms with Crippen molar-refractivity contribution in [2.45, 2.75) is 64.0 Å². The van der Waals surface area contributed by atoms with Crippen LogP contribution in [-0.2, 0) is 13.0 Å². The van der Waals surface area contributed by atoms with Gasteiger partial charge in [0, 0.05) is 24.9 Å². The predicted molar refractivity (Wildman–Crippen MR) is 77.7 cm³/mol. The van der Waals surface area contributed by atoms with Gasteiger partial charge in [-0.25, -0.2) is 9.67 Å². The number of hydrogen-bond donors (Lipinski definition) is 1. The lowest BCUT2D eigenvalue weighted by Gasteiger charge is -2.34. The summed E-state index contributed by atoms with van der Waals surface area (Å²) in [7, 11) is 0. The molecule has 1 aromatic heterocycles. The van der Waals surface area contributed by atoms with Crippen LogP contribution in [0.1, 0.15) is 56.6 Å². The zero-order valence-electron chi connectivity index (χ0n) is 12.5. The number of aliphatic hydroxyl groups is 1. The van der Waals surface area contributed by atoms with Crippen molar-refractivity contribution >= 4 is 0 Å². The number of likely N-dealkylation sites (tertiary alicyclic amines) is 1. The van der Waals surface area contributed by atoms with E-state index >= 15 is 0 Å². The molecule has 2 aliphatic rings. The van der Waals surface area contributed by atoms with E-state index in [2.05, 4.69) is 16.9 Å². The van der Waals surface area contributed by atoms with E-state index in [-0.39, 0.29) is 12.5 Å². The average Bonchev–Trinajstić information content (AvgIpc) is 2.90. The summed E-state index contributed by atoms with van der Waals surface area (Å²) in [6, 6.07) is 0.603. The molecule has 0 amide bonds. The molecule has 0 aliphatic carbocycles. The summed E-state index contributed by atoms with van der Waals surface area (Å²) in [6.07, 6.45) is 7.02. The summed E-state index contributed by atoms with van der Waals surface area (Å²) in [5.74, 6) is 2.18. The fraction of sp³-hybridized carbons (Fsp3) is 0.867. The molecule has 20 heavy (non-hydrogen) atoms. The van der Waals surface area contributed by atoms with E-state index in [1.807, 2.05) is 4.68 Å². The minimum absolute atomic E-state index is 0.193. The molecule has 1 aromatic rings. The number of aryl methyl sites for hydroxylation is 1. The summed E-state index contributed by atoms with van der Waals surface area (Å²) in [6.45, 7) is 5.74. The number of aromatic nitrogens is 3. The van der Waals surface area contributed by atoms with E-state index in [4.69, 9.17) is 4.98 Å². The van der Waals surface area contributed by atoms with Gasteiger partial charge in [-0.15, -0.1) is 0 Å². The van der Waals surface area contributed by atoms with Crippen LogP contribution in [0, 0.1) is 0 Å². The number of hydrogen-bond acceptors (Lipinski definition) is 4. The van der Waals surface area contributed by atoms with Gasteiger partial charge in [0.05, 0.1) is 6.61 Å². The summed E-state index contributed by atoms with van der Waals surface area (Å²) in [5.41, 5.74) is 0. The zero-order chi connectivity index (χ0) is 13.9. The first kappa shape index (κ1) is 14.0. The third-order valence-corrected chi connectivity index (χ3v) is 4.83. The highest BCUT2D eigenvalue weighted by molar-refractivity contribution is 5.04. The van der Waals surface area contributed by atoms with Gasteiger partial charge in [-0.2, -0.15) is 5.10 Å². The van der Waals surface area contributed by atoms with Crippen molar-refractivity contribution in [2.24, 2.45) is 0 Å². The number of piperidine rings is 1. The first-order chi connectivity index (χ1) is 9.81. The molecule has 0 aromatic carbocycles. The van der Waals surface area contributed by atoms with Crippen molar-refractivity contribution < 1.29 is 5.11 Å². The third-order valence-electron chi connectivity index (χ3n) is 4.83. The minimum Gasteiger partial charge on any atom is -0.396 e. The van der Waals surface area contributed by atoms with Gasteiger partial charge in [-0.1, -0.05) is 13.3 Å². The topological polar surface area (TPSA) is 54.2 Å². The Kier molecular flexibility index (Phi) is 4.36. The van der Waals surface area contributed by atoms with Gasteiger partial charge < -0.3 is 10.0 Å². The van der Waals surface area contributed by atoms with Crippen molar-refractivity contribution in [1.29, 1.82) is 0 Å². The molecule has 1 saturated heterocycles. The summed E-state index contributed by atoms with van der Waals surface area (Å²) in [4.78, 5) is 7.29. The lowest BCUT2D eigenvalue weighted by molar-refractivity contribution is 0.153. The largest absolute Gasteiger partial charge is 0.396 e. The summed E-state index contributed by atoms with van der Waals surface area (Å²) < 4.78 is 2.03. The highest BCUT2D eigenvalue weighted by Gasteiger charge is 2.26. The fourth-order valence-electron chi connectivity index (χ4n) is 3.66. The first-order valence-corrected chi connectivity index (χ1v) is 8.10. The number of fused-ring (bicyclic) bond motifs is 1. The second kappa shape index (κ2) is 6.22. The van der Waals surface area contributed by atoms with E-state index in [0.29, 0.717) is 6.04 Å². The molecule has 112 valence electrons. The van der Waals surface area contributed by atoms with Crippen LogP contribution in [0.3, 0.4) is 0 Å². The Labute approximate surface area is 121 Å². The van der Waals surface area contributed by atoms with Crippen molar-refractivity contribution in [3.05, 3.63) is 11.6 Å². The van der Waals surface area contributed by atoms with Crippen LogP contribution in [0.25, 0.3) is 0 Å². The number of likely N-dealkylation sites (N-methyl/N-ethyl adjacent to an activating group) is 1. The lowest BCUT2D eigenvalue weighted by Crippen LogP contribution is -2.40. The standard InChI is InChI=1S/C15H26N4O/c1-2-18-8-4-3-7-13(18)10-14-16-15-12(11-20)6-5-9-19(15)17-14/h12-13,20H,2-11H2,1H3. The Balaban J connectivity index is 1.73. The van der Waals surface area contributed by atoms with Crippen molar-refractivity contribution in [3.63, 3.8) is 0 Å². The van der Waals surface area contributed by atoms with Crippen LogP contribution in [0.15, 0.2) is 0 Å². The molecular weight excluding hydrogens is 252 g/mol. The van der Waals surface area contributed by atoms with E-state index in [1.165, 1.54) is 25.8 Å². The second-order valence-corrected chi connectivity index (χ2v) is 6.11. The second-order valence-electron chi connectivity index (χ2n) is 6.11. The molecule has 3 heterocycles. The van der Waals surface area contributed by atoms with Crippen LogP contribution in [0.2, 0.25) is 0 Å². The number of nitrogens with zero attached hydrogens (tertiary/aromatic N) is 4. The van der Waals surface area contributed by atoms with Gasteiger partial charge in [-0.3, -0.25) is 0 Å². The maximum Gasteiger partial charge on any atom is 0.152 e. The third kappa shape index (κ3) is 2.74. The Morgan fingerprint density at radius 2 is 2.10 bits per heavy atom. The van der Waals surface area contributed by atoms with Crippen LogP contribution in [-0.4, -0.2) is 50.5 Å². The molecule has 2 unspecified atom stereocenters. The first-order valence-electron chi connectivity index (χ1n) is 8.10.